The molecule has 102 valence electrons. The Morgan fingerprint density at radius 3 is 2.65 bits per heavy atom. The molecule has 0 bridgehead atoms. The largest absolute Gasteiger partial charge is 0.278 e. The van der Waals surface area contributed by atoms with Crippen LogP contribution in [-0.2, 0) is 6.42 Å². The number of rotatable bonds is 1. The van der Waals surface area contributed by atoms with E-state index in [1.165, 1.54) is 11.1 Å². The molecule has 0 saturated heterocycles. The average Bonchev–Trinajstić information content (AvgIpc) is 2.40. The standard InChI is InChI=1S/C16H14Br2N2/c1-16(2)8-10-5-3-4-6-12(10)14(20-16)11-7-13(17)15(18)19-9-11/h3-7,9H,8H2,1-2H3. The van der Waals surface area contributed by atoms with E-state index in [9.17, 15) is 0 Å². The van der Waals surface area contributed by atoms with Crippen molar-refractivity contribution in [3.63, 3.8) is 0 Å². The van der Waals surface area contributed by atoms with Crippen LogP contribution in [0.2, 0.25) is 0 Å². The molecule has 3 rings (SSSR count). The lowest BCUT2D eigenvalue weighted by molar-refractivity contribution is 0.513. The maximum absolute atomic E-state index is 4.94. The van der Waals surface area contributed by atoms with Gasteiger partial charge in [0.05, 0.1) is 15.7 Å². The van der Waals surface area contributed by atoms with Gasteiger partial charge in [-0.3, -0.25) is 4.99 Å². The van der Waals surface area contributed by atoms with Gasteiger partial charge in [-0.05, 0) is 63.8 Å². The molecule has 1 aliphatic heterocycles. The zero-order chi connectivity index (χ0) is 14.3. The molecule has 1 aromatic carbocycles. The first-order valence-electron chi connectivity index (χ1n) is 6.46. The summed E-state index contributed by atoms with van der Waals surface area (Å²) in [6, 6.07) is 10.5. The molecular formula is C16H14Br2N2. The molecule has 2 nitrogen and oxygen atoms in total. The molecule has 0 unspecified atom stereocenters. The summed E-state index contributed by atoms with van der Waals surface area (Å²) in [7, 11) is 0. The van der Waals surface area contributed by atoms with Crippen molar-refractivity contribution in [1.29, 1.82) is 0 Å². The van der Waals surface area contributed by atoms with Crippen molar-refractivity contribution in [3.05, 3.63) is 62.3 Å². The maximum Gasteiger partial charge on any atom is 0.120 e. The number of pyridine rings is 1. The number of nitrogens with zero attached hydrogens (tertiary/aromatic N) is 2. The van der Waals surface area contributed by atoms with E-state index in [4.69, 9.17) is 4.99 Å². The second-order valence-corrected chi connectivity index (χ2v) is 7.21. The van der Waals surface area contributed by atoms with E-state index >= 15 is 0 Å². The predicted octanol–water partition coefficient (Wildman–Crippen LogP) is 4.78. The van der Waals surface area contributed by atoms with Gasteiger partial charge < -0.3 is 0 Å². The number of aliphatic imine (C=N–C) groups is 1. The van der Waals surface area contributed by atoms with E-state index in [1.807, 2.05) is 6.20 Å². The molecule has 1 aromatic heterocycles. The summed E-state index contributed by atoms with van der Waals surface area (Å²) >= 11 is 6.93. The van der Waals surface area contributed by atoms with Crippen molar-refractivity contribution in [2.75, 3.05) is 0 Å². The highest BCUT2D eigenvalue weighted by molar-refractivity contribution is 9.13. The van der Waals surface area contributed by atoms with E-state index in [0.717, 1.165) is 26.8 Å². The number of halogens is 2. The van der Waals surface area contributed by atoms with Crippen LogP contribution in [0, 0.1) is 0 Å². The molecular weight excluding hydrogens is 380 g/mol. The predicted molar refractivity (Wildman–Crippen MR) is 89.5 cm³/mol. The fourth-order valence-corrected chi connectivity index (χ4v) is 3.11. The topological polar surface area (TPSA) is 25.2 Å². The minimum absolute atomic E-state index is 0.0801. The molecule has 0 N–H and O–H groups in total. The second kappa shape index (κ2) is 5.08. The van der Waals surface area contributed by atoms with Gasteiger partial charge in [0.1, 0.15) is 4.60 Å². The normalized spacial score (nSPS) is 16.5. The van der Waals surface area contributed by atoms with Gasteiger partial charge in [0, 0.05) is 17.3 Å². The third-order valence-electron chi connectivity index (χ3n) is 3.38. The van der Waals surface area contributed by atoms with Gasteiger partial charge in [0.15, 0.2) is 0 Å². The molecule has 20 heavy (non-hydrogen) atoms. The Hall–Kier alpha value is -1.00. The van der Waals surface area contributed by atoms with Crippen LogP contribution in [0.15, 0.2) is 50.6 Å². The van der Waals surface area contributed by atoms with Crippen molar-refractivity contribution >= 4 is 37.6 Å². The Bertz CT molecular complexity index is 705. The Labute approximate surface area is 135 Å². The van der Waals surface area contributed by atoms with Gasteiger partial charge in [-0.15, -0.1) is 0 Å². The molecule has 2 heterocycles. The van der Waals surface area contributed by atoms with Crippen molar-refractivity contribution in [3.8, 4) is 0 Å². The molecule has 1 aliphatic rings. The molecule has 0 fully saturated rings. The molecule has 0 saturated carbocycles. The fourth-order valence-electron chi connectivity index (χ4n) is 2.54. The van der Waals surface area contributed by atoms with Gasteiger partial charge in [-0.25, -0.2) is 4.98 Å². The van der Waals surface area contributed by atoms with Crippen LogP contribution in [0.25, 0.3) is 0 Å². The van der Waals surface area contributed by atoms with E-state index in [-0.39, 0.29) is 5.54 Å². The molecule has 4 heteroatoms. The minimum Gasteiger partial charge on any atom is -0.278 e. The fraction of sp³-hybridized carbons (Fsp3) is 0.250. The number of benzene rings is 1. The lowest BCUT2D eigenvalue weighted by atomic mass is 9.85. The number of hydrogen-bond donors (Lipinski definition) is 0. The Morgan fingerprint density at radius 1 is 1.15 bits per heavy atom. The minimum atomic E-state index is -0.0801. The molecule has 0 atom stereocenters. The van der Waals surface area contributed by atoms with Crippen LogP contribution >= 0.6 is 31.9 Å². The smallest absolute Gasteiger partial charge is 0.120 e. The highest BCUT2D eigenvalue weighted by atomic mass is 79.9. The summed E-state index contributed by atoms with van der Waals surface area (Å²) in [5, 5.41) is 0. The van der Waals surface area contributed by atoms with Gasteiger partial charge >= 0.3 is 0 Å². The lowest BCUT2D eigenvalue weighted by Gasteiger charge is -2.29. The molecule has 0 aliphatic carbocycles. The van der Waals surface area contributed by atoms with Gasteiger partial charge in [0.2, 0.25) is 0 Å². The number of aromatic nitrogens is 1. The van der Waals surface area contributed by atoms with E-state index in [1.54, 1.807) is 0 Å². The third-order valence-corrected chi connectivity index (χ3v) is 5.15. The van der Waals surface area contributed by atoms with Crippen molar-refractivity contribution in [1.82, 2.24) is 4.98 Å². The third kappa shape index (κ3) is 2.59. The van der Waals surface area contributed by atoms with Gasteiger partial charge in [0.25, 0.3) is 0 Å². The van der Waals surface area contributed by atoms with Crippen LogP contribution in [-0.4, -0.2) is 16.2 Å². The van der Waals surface area contributed by atoms with E-state index < -0.39 is 0 Å². The zero-order valence-corrected chi connectivity index (χ0v) is 14.5. The summed E-state index contributed by atoms with van der Waals surface area (Å²) in [4.78, 5) is 9.30. The highest BCUT2D eigenvalue weighted by Gasteiger charge is 2.27. The second-order valence-electron chi connectivity index (χ2n) is 5.60. The molecule has 2 aromatic rings. The first kappa shape index (κ1) is 14.0. The number of hydrogen-bond acceptors (Lipinski definition) is 2. The Kier molecular flexibility index (Phi) is 3.55. The average molecular weight is 394 g/mol. The van der Waals surface area contributed by atoms with Crippen molar-refractivity contribution in [2.45, 2.75) is 25.8 Å². The number of fused-ring (bicyclic) bond motifs is 1. The van der Waals surface area contributed by atoms with Crippen LogP contribution in [0.1, 0.15) is 30.5 Å². The monoisotopic (exact) mass is 392 g/mol. The van der Waals surface area contributed by atoms with Crippen molar-refractivity contribution in [2.24, 2.45) is 4.99 Å². The SMILES string of the molecule is CC1(C)Cc2ccccc2C(c2cnc(Br)c(Br)c2)=N1. The van der Waals surface area contributed by atoms with Crippen molar-refractivity contribution < 1.29 is 0 Å². The molecule has 0 spiro atoms. The van der Waals surface area contributed by atoms with Gasteiger partial charge in [-0.2, -0.15) is 0 Å². The van der Waals surface area contributed by atoms with E-state index in [2.05, 4.69) is 81.0 Å². The van der Waals surface area contributed by atoms with Crippen LogP contribution in [0.5, 0.6) is 0 Å². The summed E-state index contributed by atoms with van der Waals surface area (Å²) in [6.07, 6.45) is 2.84. The van der Waals surface area contributed by atoms with Crippen LogP contribution in [0.4, 0.5) is 0 Å². The summed E-state index contributed by atoms with van der Waals surface area (Å²) in [6.45, 7) is 4.34. The van der Waals surface area contributed by atoms with Crippen LogP contribution < -0.4 is 0 Å². The summed E-state index contributed by atoms with van der Waals surface area (Å²) in [5.41, 5.74) is 4.55. The maximum atomic E-state index is 4.94. The first-order valence-corrected chi connectivity index (χ1v) is 8.04. The quantitative estimate of drug-likeness (QED) is 0.640. The zero-order valence-electron chi connectivity index (χ0n) is 11.3. The Balaban J connectivity index is 2.19. The summed E-state index contributed by atoms with van der Waals surface area (Å²) < 4.78 is 1.75. The molecule has 0 amide bonds. The summed E-state index contributed by atoms with van der Waals surface area (Å²) in [5.74, 6) is 0. The first-order chi connectivity index (χ1) is 9.46. The van der Waals surface area contributed by atoms with Gasteiger partial charge in [-0.1, -0.05) is 24.3 Å². The van der Waals surface area contributed by atoms with E-state index in [0.29, 0.717) is 0 Å². The Morgan fingerprint density at radius 2 is 1.90 bits per heavy atom. The lowest BCUT2D eigenvalue weighted by Crippen LogP contribution is -2.29. The molecule has 0 radical (unpaired) electrons. The van der Waals surface area contributed by atoms with Crippen LogP contribution in [0.3, 0.4) is 0 Å². The highest BCUT2D eigenvalue weighted by Crippen LogP contribution is 2.30.